The zero-order chi connectivity index (χ0) is 18.9. The number of methoxy groups -OCH3 is 1. The monoisotopic (exact) mass is 376 g/mol. The van der Waals surface area contributed by atoms with Crippen molar-refractivity contribution in [2.75, 3.05) is 13.7 Å². The Balaban J connectivity index is 1.92. The van der Waals surface area contributed by atoms with Crippen LogP contribution in [0, 0.1) is 0 Å². The quantitative estimate of drug-likeness (QED) is 0.563. The number of hydrogen-bond donors (Lipinski definition) is 1. The summed E-state index contributed by atoms with van der Waals surface area (Å²) < 4.78 is 16.3. The summed E-state index contributed by atoms with van der Waals surface area (Å²) >= 11 is 5.82. The molecule has 0 aliphatic heterocycles. The second-order valence-electron chi connectivity index (χ2n) is 5.29. The molecular formula is C19H21ClN2O4. The van der Waals surface area contributed by atoms with E-state index >= 15 is 0 Å². The number of amides is 1. The maximum Gasteiger partial charge on any atom is 0.280 e. The highest BCUT2D eigenvalue weighted by atomic mass is 35.5. The summed E-state index contributed by atoms with van der Waals surface area (Å²) in [5.74, 6) is 1.44. The van der Waals surface area contributed by atoms with Crippen LogP contribution in [0.4, 0.5) is 0 Å². The Hall–Kier alpha value is -2.73. The van der Waals surface area contributed by atoms with E-state index in [0.717, 1.165) is 5.56 Å². The second kappa shape index (κ2) is 9.68. The highest BCUT2D eigenvalue weighted by Crippen LogP contribution is 2.27. The van der Waals surface area contributed by atoms with Crippen molar-refractivity contribution >= 4 is 23.7 Å². The van der Waals surface area contributed by atoms with Gasteiger partial charge in [0.15, 0.2) is 17.6 Å². The van der Waals surface area contributed by atoms with Crippen LogP contribution in [0.25, 0.3) is 0 Å². The lowest BCUT2D eigenvalue weighted by Crippen LogP contribution is -2.33. The summed E-state index contributed by atoms with van der Waals surface area (Å²) in [6.45, 7) is 4.09. The van der Waals surface area contributed by atoms with Crippen molar-refractivity contribution in [3.63, 3.8) is 0 Å². The molecule has 138 valence electrons. The van der Waals surface area contributed by atoms with Gasteiger partial charge in [-0.1, -0.05) is 11.6 Å². The van der Waals surface area contributed by atoms with E-state index in [4.69, 9.17) is 25.8 Å². The summed E-state index contributed by atoms with van der Waals surface area (Å²) in [7, 11) is 1.57. The molecule has 2 aromatic rings. The van der Waals surface area contributed by atoms with Crippen LogP contribution in [0.3, 0.4) is 0 Å². The molecule has 0 saturated heterocycles. The van der Waals surface area contributed by atoms with E-state index in [1.807, 2.05) is 13.0 Å². The molecule has 0 saturated carbocycles. The first kappa shape index (κ1) is 19.6. The topological polar surface area (TPSA) is 69.2 Å². The summed E-state index contributed by atoms with van der Waals surface area (Å²) in [6, 6.07) is 12.2. The lowest BCUT2D eigenvalue weighted by molar-refractivity contribution is -0.127. The fraction of sp³-hybridized carbons (Fsp3) is 0.263. The van der Waals surface area contributed by atoms with Crippen LogP contribution in [-0.2, 0) is 4.79 Å². The van der Waals surface area contributed by atoms with E-state index < -0.39 is 6.10 Å². The minimum Gasteiger partial charge on any atom is -0.493 e. The standard InChI is InChI=1S/C19H21ClN2O4/c1-4-25-17-10-5-14(11-18(17)24-3)12-21-22-19(23)13(2)26-16-8-6-15(20)7-9-16/h5-13H,4H2,1-3H3,(H,22,23). The van der Waals surface area contributed by atoms with Crippen molar-refractivity contribution in [2.45, 2.75) is 20.0 Å². The van der Waals surface area contributed by atoms with Gasteiger partial charge in [-0.15, -0.1) is 0 Å². The highest BCUT2D eigenvalue weighted by molar-refractivity contribution is 6.30. The molecule has 0 aliphatic carbocycles. The maximum atomic E-state index is 12.0. The molecule has 0 spiro atoms. The number of ether oxygens (including phenoxy) is 3. The Morgan fingerprint density at radius 2 is 1.96 bits per heavy atom. The molecule has 26 heavy (non-hydrogen) atoms. The van der Waals surface area contributed by atoms with E-state index in [1.165, 1.54) is 6.21 Å². The minimum absolute atomic E-state index is 0.367. The van der Waals surface area contributed by atoms with E-state index in [9.17, 15) is 4.79 Å². The molecule has 1 unspecified atom stereocenters. The van der Waals surface area contributed by atoms with Crippen molar-refractivity contribution in [1.29, 1.82) is 0 Å². The molecule has 6 nitrogen and oxygen atoms in total. The van der Waals surface area contributed by atoms with Crippen LogP contribution >= 0.6 is 11.6 Å². The van der Waals surface area contributed by atoms with Crippen molar-refractivity contribution < 1.29 is 19.0 Å². The largest absolute Gasteiger partial charge is 0.493 e. The molecule has 0 aromatic heterocycles. The van der Waals surface area contributed by atoms with Crippen LogP contribution < -0.4 is 19.6 Å². The van der Waals surface area contributed by atoms with Crippen molar-refractivity contribution in [1.82, 2.24) is 5.43 Å². The van der Waals surface area contributed by atoms with Crippen LogP contribution in [0.5, 0.6) is 17.2 Å². The Labute approximate surface area is 157 Å². The van der Waals surface area contributed by atoms with E-state index in [-0.39, 0.29) is 5.91 Å². The molecular weight excluding hydrogens is 356 g/mol. The summed E-state index contributed by atoms with van der Waals surface area (Å²) in [5, 5.41) is 4.55. The van der Waals surface area contributed by atoms with Crippen molar-refractivity contribution in [2.24, 2.45) is 5.10 Å². The van der Waals surface area contributed by atoms with Crippen molar-refractivity contribution in [3.05, 3.63) is 53.1 Å². The van der Waals surface area contributed by atoms with Crippen LogP contribution in [0.15, 0.2) is 47.6 Å². The number of hydrogen-bond acceptors (Lipinski definition) is 5. The molecule has 0 heterocycles. The van der Waals surface area contributed by atoms with E-state index in [1.54, 1.807) is 50.4 Å². The molecule has 2 aromatic carbocycles. The van der Waals surface area contributed by atoms with Gasteiger partial charge in [-0.05, 0) is 61.9 Å². The number of halogens is 1. The molecule has 0 radical (unpaired) electrons. The Morgan fingerprint density at radius 3 is 2.62 bits per heavy atom. The molecule has 0 aliphatic rings. The summed E-state index contributed by atoms with van der Waals surface area (Å²) in [5.41, 5.74) is 3.21. The number of benzene rings is 2. The molecule has 7 heteroatoms. The number of carbonyl (C=O) groups is 1. The first-order valence-electron chi connectivity index (χ1n) is 8.09. The molecule has 0 fully saturated rings. The number of rotatable bonds is 8. The average molecular weight is 377 g/mol. The molecule has 0 bridgehead atoms. The van der Waals surface area contributed by atoms with E-state index in [2.05, 4.69) is 10.5 Å². The number of nitrogens with one attached hydrogen (secondary N) is 1. The van der Waals surface area contributed by atoms with Gasteiger partial charge < -0.3 is 14.2 Å². The van der Waals surface area contributed by atoms with Gasteiger partial charge in [0.25, 0.3) is 5.91 Å². The third-order valence-electron chi connectivity index (χ3n) is 3.37. The van der Waals surface area contributed by atoms with Gasteiger partial charge >= 0.3 is 0 Å². The van der Waals surface area contributed by atoms with Crippen LogP contribution in [0.2, 0.25) is 5.02 Å². The third kappa shape index (κ3) is 5.67. The van der Waals surface area contributed by atoms with Gasteiger partial charge in [0, 0.05) is 5.02 Å². The van der Waals surface area contributed by atoms with Gasteiger partial charge in [0.1, 0.15) is 5.75 Å². The molecule has 1 amide bonds. The fourth-order valence-electron chi connectivity index (χ4n) is 2.07. The second-order valence-corrected chi connectivity index (χ2v) is 5.73. The van der Waals surface area contributed by atoms with Gasteiger partial charge in [0.05, 0.1) is 19.9 Å². The van der Waals surface area contributed by atoms with Gasteiger partial charge in [-0.3, -0.25) is 4.79 Å². The normalized spacial score (nSPS) is 11.8. The lowest BCUT2D eigenvalue weighted by atomic mass is 10.2. The third-order valence-corrected chi connectivity index (χ3v) is 3.62. The number of carbonyl (C=O) groups excluding carboxylic acids is 1. The van der Waals surface area contributed by atoms with Gasteiger partial charge in [0.2, 0.25) is 0 Å². The number of nitrogens with zero attached hydrogens (tertiary/aromatic N) is 1. The Morgan fingerprint density at radius 1 is 1.23 bits per heavy atom. The van der Waals surface area contributed by atoms with Crippen LogP contribution in [0.1, 0.15) is 19.4 Å². The fourth-order valence-corrected chi connectivity index (χ4v) is 2.20. The van der Waals surface area contributed by atoms with Gasteiger partial charge in [-0.2, -0.15) is 5.10 Å². The predicted octanol–water partition coefficient (Wildman–Crippen LogP) is 3.66. The number of hydrazone groups is 1. The first-order chi connectivity index (χ1) is 12.5. The lowest BCUT2D eigenvalue weighted by Gasteiger charge is -2.13. The smallest absolute Gasteiger partial charge is 0.280 e. The van der Waals surface area contributed by atoms with Crippen molar-refractivity contribution in [3.8, 4) is 17.2 Å². The van der Waals surface area contributed by atoms with Gasteiger partial charge in [-0.25, -0.2) is 5.43 Å². The molecule has 1 atom stereocenters. The van der Waals surface area contributed by atoms with E-state index in [0.29, 0.717) is 28.9 Å². The zero-order valence-electron chi connectivity index (χ0n) is 14.9. The maximum absolute atomic E-state index is 12.0. The minimum atomic E-state index is -0.705. The SMILES string of the molecule is CCOc1ccc(C=NNC(=O)C(C)Oc2ccc(Cl)cc2)cc1OC. The first-order valence-corrected chi connectivity index (χ1v) is 8.47. The average Bonchev–Trinajstić information content (AvgIpc) is 2.64. The molecule has 2 rings (SSSR count). The Kier molecular flexibility index (Phi) is 7.29. The van der Waals surface area contributed by atoms with Crippen LogP contribution in [-0.4, -0.2) is 31.9 Å². The highest BCUT2D eigenvalue weighted by Gasteiger charge is 2.13. The molecule has 1 N–H and O–H groups in total. The Bertz CT molecular complexity index is 763. The zero-order valence-corrected chi connectivity index (χ0v) is 15.6. The summed E-state index contributed by atoms with van der Waals surface area (Å²) in [4.78, 5) is 12.0. The predicted molar refractivity (Wildman–Crippen MR) is 101 cm³/mol. The summed E-state index contributed by atoms with van der Waals surface area (Å²) in [6.07, 6.45) is 0.814.